The molecular formula is C22H27N5S. The number of nitrogens with one attached hydrogen (secondary N) is 2. The van der Waals surface area contributed by atoms with Gasteiger partial charge in [-0.05, 0) is 30.2 Å². The number of aromatic nitrogens is 2. The summed E-state index contributed by atoms with van der Waals surface area (Å²) in [6, 6.07) is 19.0. The van der Waals surface area contributed by atoms with Crippen molar-refractivity contribution in [1.29, 1.82) is 0 Å². The molecule has 1 heterocycles. The average molecular weight is 394 g/mol. The molecule has 6 heteroatoms. The van der Waals surface area contributed by atoms with Crippen molar-refractivity contribution in [2.24, 2.45) is 4.99 Å². The van der Waals surface area contributed by atoms with Crippen molar-refractivity contribution in [3.63, 3.8) is 0 Å². The van der Waals surface area contributed by atoms with E-state index in [0.717, 1.165) is 31.3 Å². The van der Waals surface area contributed by atoms with E-state index in [9.17, 15) is 0 Å². The Morgan fingerprint density at radius 3 is 2.71 bits per heavy atom. The zero-order valence-electron chi connectivity index (χ0n) is 16.2. The van der Waals surface area contributed by atoms with Crippen LogP contribution in [0, 0.1) is 0 Å². The Kier molecular flexibility index (Phi) is 8.00. The molecule has 2 N–H and O–H groups in total. The maximum atomic E-state index is 4.73. The van der Waals surface area contributed by atoms with Crippen LogP contribution >= 0.6 is 11.8 Å². The number of guanidine groups is 1. The topological polar surface area (TPSA) is 54.2 Å². The normalized spacial score (nSPS) is 11.4. The summed E-state index contributed by atoms with van der Waals surface area (Å²) >= 11 is 1.85. The first-order chi connectivity index (χ1) is 13.8. The van der Waals surface area contributed by atoms with E-state index in [-0.39, 0.29) is 0 Å². The third-order valence-electron chi connectivity index (χ3n) is 4.09. The predicted octanol–water partition coefficient (Wildman–Crippen LogP) is 3.78. The zero-order chi connectivity index (χ0) is 19.4. The number of benzene rings is 2. The summed E-state index contributed by atoms with van der Waals surface area (Å²) in [7, 11) is 0. The monoisotopic (exact) mass is 393 g/mol. The highest BCUT2D eigenvalue weighted by Crippen LogP contribution is 2.15. The number of hydrogen-bond donors (Lipinski definition) is 2. The Morgan fingerprint density at radius 2 is 1.93 bits per heavy atom. The van der Waals surface area contributed by atoms with Gasteiger partial charge in [0.15, 0.2) is 5.96 Å². The van der Waals surface area contributed by atoms with Gasteiger partial charge in [0.25, 0.3) is 0 Å². The van der Waals surface area contributed by atoms with Gasteiger partial charge < -0.3 is 15.2 Å². The van der Waals surface area contributed by atoms with E-state index >= 15 is 0 Å². The quantitative estimate of drug-likeness (QED) is 0.251. The molecule has 0 unspecified atom stereocenters. The van der Waals surface area contributed by atoms with E-state index in [1.165, 1.54) is 16.0 Å². The van der Waals surface area contributed by atoms with Gasteiger partial charge in [0.2, 0.25) is 0 Å². The fourth-order valence-electron chi connectivity index (χ4n) is 2.78. The van der Waals surface area contributed by atoms with Crippen LogP contribution in [-0.4, -0.2) is 34.4 Å². The van der Waals surface area contributed by atoms with Crippen LogP contribution in [0.25, 0.3) is 0 Å². The standard InChI is InChI=1S/C22H27N5S/c1-2-24-22(25-12-14-28-21-9-4-3-5-10-21)26-16-19-7-6-8-20(15-19)17-27-13-11-23-18-27/h3-11,13,15,18H,2,12,14,16-17H2,1H3,(H2,24,25,26). The molecule has 5 nitrogen and oxygen atoms in total. The summed E-state index contributed by atoms with van der Waals surface area (Å²) in [6.07, 6.45) is 5.62. The SMILES string of the molecule is CCNC(=NCc1cccc(Cn2ccnc2)c1)NCCSc1ccccc1. The average Bonchev–Trinajstić information content (AvgIpc) is 3.23. The Labute approximate surface area is 171 Å². The third kappa shape index (κ3) is 6.78. The number of hydrogen-bond acceptors (Lipinski definition) is 3. The van der Waals surface area contributed by atoms with Gasteiger partial charge in [-0.2, -0.15) is 0 Å². The minimum Gasteiger partial charge on any atom is -0.357 e. The summed E-state index contributed by atoms with van der Waals surface area (Å²) in [5.41, 5.74) is 2.45. The molecule has 0 saturated carbocycles. The molecule has 0 atom stereocenters. The zero-order valence-corrected chi connectivity index (χ0v) is 17.0. The van der Waals surface area contributed by atoms with Crippen molar-refractivity contribution in [2.45, 2.75) is 24.9 Å². The van der Waals surface area contributed by atoms with Crippen LogP contribution in [0.3, 0.4) is 0 Å². The van der Waals surface area contributed by atoms with E-state index in [2.05, 4.69) is 75.6 Å². The largest absolute Gasteiger partial charge is 0.357 e. The van der Waals surface area contributed by atoms with Crippen LogP contribution in [0.1, 0.15) is 18.1 Å². The molecule has 146 valence electrons. The van der Waals surface area contributed by atoms with Gasteiger partial charge in [-0.3, -0.25) is 0 Å². The van der Waals surface area contributed by atoms with Crippen LogP contribution in [0.2, 0.25) is 0 Å². The van der Waals surface area contributed by atoms with Crippen LogP contribution in [0.4, 0.5) is 0 Å². The summed E-state index contributed by atoms with van der Waals surface area (Å²) < 4.78 is 2.07. The van der Waals surface area contributed by atoms with Crippen molar-refractivity contribution >= 4 is 17.7 Å². The minimum absolute atomic E-state index is 0.652. The Balaban J connectivity index is 1.50. The fraction of sp³-hybridized carbons (Fsp3) is 0.273. The van der Waals surface area contributed by atoms with Gasteiger partial charge >= 0.3 is 0 Å². The van der Waals surface area contributed by atoms with Crippen LogP contribution in [0.15, 0.2) is 83.2 Å². The lowest BCUT2D eigenvalue weighted by Crippen LogP contribution is -2.38. The summed E-state index contributed by atoms with van der Waals surface area (Å²) in [6.45, 7) is 5.28. The molecule has 0 spiro atoms. The third-order valence-corrected chi connectivity index (χ3v) is 5.10. The first-order valence-corrected chi connectivity index (χ1v) is 10.6. The number of aliphatic imine (C=N–C) groups is 1. The number of nitrogens with zero attached hydrogens (tertiary/aromatic N) is 3. The van der Waals surface area contributed by atoms with Gasteiger partial charge in [0.05, 0.1) is 12.9 Å². The molecule has 0 fully saturated rings. The molecule has 1 aromatic heterocycles. The highest BCUT2D eigenvalue weighted by molar-refractivity contribution is 7.99. The van der Waals surface area contributed by atoms with Gasteiger partial charge in [-0.25, -0.2) is 9.98 Å². The smallest absolute Gasteiger partial charge is 0.191 e. The summed E-state index contributed by atoms with van der Waals surface area (Å²) in [4.78, 5) is 10.1. The van der Waals surface area contributed by atoms with Crippen molar-refractivity contribution in [3.8, 4) is 0 Å². The van der Waals surface area contributed by atoms with Crippen LogP contribution < -0.4 is 10.6 Å². The lowest BCUT2D eigenvalue weighted by atomic mass is 10.1. The highest BCUT2D eigenvalue weighted by Gasteiger charge is 2.00. The molecule has 3 aromatic rings. The Hall–Kier alpha value is -2.73. The van der Waals surface area contributed by atoms with Crippen molar-refractivity contribution in [1.82, 2.24) is 20.2 Å². The van der Waals surface area contributed by atoms with Crippen LogP contribution in [-0.2, 0) is 13.1 Å². The van der Waals surface area contributed by atoms with Gasteiger partial charge in [-0.1, -0.05) is 42.5 Å². The molecule has 2 aromatic carbocycles. The highest BCUT2D eigenvalue weighted by atomic mass is 32.2. The molecule has 28 heavy (non-hydrogen) atoms. The van der Waals surface area contributed by atoms with E-state index in [1.54, 1.807) is 6.20 Å². The maximum absolute atomic E-state index is 4.73. The summed E-state index contributed by atoms with van der Waals surface area (Å²) in [5.74, 6) is 1.85. The number of rotatable bonds is 9. The molecule has 0 saturated heterocycles. The molecule has 0 aliphatic rings. The van der Waals surface area contributed by atoms with E-state index in [4.69, 9.17) is 4.99 Å². The second kappa shape index (κ2) is 11.2. The second-order valence-corrected chi connectivity index (χ2v) is 7.51. The van der Waals surface area contributed by atoms with E-state index in [0.29, 0.717) is 6.54 Å². The first kappa shape index (κ1) is 20.0. The van der Waals surface area contributed by atoms with Crippen molar-refractivity contribution < 1.29 is 0 Å². The molecule has 0 bridgehead atoms. The van der Waals surface area contributed by atoms with Gasteiger partial charge in [0.1, 0.15) is 0 Å². The summed E-state index contributed by atoms with van der Waals surface area (Å²) in [5, 5.41) is 6.74. The maximum Gasteiger partial charge on any atom is 0.191 e. The molecule has 0 amide bonds. The Bertz CT molecular complexity index is 846. The van der Waals surface area contributed by atoms with Crippen molar-refractivity contribution in [3.05, 3.63) is 84.4 Å². The second-order valence-electron chi connectivity index (χ2n) is 6.34. The molecule has 0 radical (unpaired) electrons. The van der Waals surface area contributed by atoms with Crippen molar-refractivity contribution in [2.75, 3.05) is 18.8 Å². The predicted molar refractivity (Wildman–Crippen MR) is 118 cm³/mol. The lowest BCUT2D eigenvalue weighted by molar-refractivity contribution is 0.794. The molecule has 0 aliphatic carbocycles. The first-order valence-electron chi connectivity index (χ1n) is 9.57. The number of imidazole rings is 1. The molecule has 0 aliphatic heterocycles. The number of thioether (sulfide) groups is 1. The van der Waals surface area contributed by atoms with Gasteiger partial charge in [-0.15, -0.1) is 11.8 Å². The molecular weight excluding hydrogens is 366 g/mol. The van der Waals surface area contributed by atoms with Gasteiger partial charge in [0, 0.05) is 42.7 Å². The minimum atomic E-state index is 0.652. The van der Waals surface area contributed by atoms with E-state index < -0.39 is 0 Å². The lowest BCUT2D eigenvalue weighted by Gasteiger charge is -2.11. The van der Waals surface area contributed by atoms with Crippen LogP contribution in [0.5, 0.6) is 0 Å². The Morgan fingerprint density at radius 1 is 1.07 bits per heavy atom. The fourth-order valence-corrected chi connectivity index (χ4v) is 3.57. The van der Waals surface area contributed by atoms with E-state index in [1.807, 2.05) is 30.4 Å². The molecule has 3 rings (SSSR count).